The summed E-state index contributed by atoms with van der Waals surface area (Å²) in [6.07, 6.45) is -3.51. The number of hydrogen-bond donors (Lipinski definition) is 2. The van der Waals surface area contributed by atoms with Gasteiger partial charge in [-0.25, -0.2) is 0 Å². The average molecular weight is 350 g/mol. The van der Waals surface area contributed by atoms with Crippen LogP contribution in [0.15, 0.2) is 54.6 Å². The third-order valence-corrected chi connectivity index (χ3v) is 3.63. The molecule has 1 unspecified atom stereocenters. The van der Waals surface area contributed by atoms with Crippen LogP contribution in [0.1, 0.15) is 16.7 Å². The van der Waals surface area contributed by atoms with Gasteiger partial charge in [0.15, 0.2) is 0 Å². The van der Waals surface area contributed by atoms with Crippen LogP contribution in [0.5, 0.6) is 0 Å². The van der Waals surface area contributed by atoms with Gasteiger partial charge in [-0.1, -0.05) is 42.0 Å². The molecule has 0 saturated heterocycles. The number of nitrogens with one attached hydrogen (secondary N) is 1. The van der Waals surface area contributed by atoms with Crippen molar-refractivity contribution in [2.45, 2.75) is 25.7 Å². The zero-order valence-corrected chi connectivity index (χ0v) is 14.1. The van der Waals surface area contributed by atoms with Crippen LogP contribution < -0.4 is 11.1 Å². The Kier molecular flexibility index (Phi) is 6.22. The van der Waals surface area contributed by atoms with Gasteiger partial charge in [0.2, 0.25) is 0 Å². The molecule has 0 radical (unpaired) electrons. The van der Waals surface area contributed by atoms with E-state index in [2.05, 4.69) is 5.32 Å². The van der Waals surface area contributed by atoms with Gasteiger partial charge in [0, 0.05) is 18.5 Å². The van der Waals surface area contributed by atoms with E-state index < -0.39 is 12.2 Å². The smallest absolute Gasteiger partial charge is 0.380 e. The molecule has 25 heavy (non-hydrogen) atoms. The van der Waals surface area contributed by atoms with Gasteiger partial charge in [0.1, 0.15) is 6.04 Å². The topological polar surface area (TPSA) is 47.3 Å². The fraction of sp³-hybridized carbons (Fsp3) is 0.263. The first-order valence-corrected chi connectivity index (χ1v) is 7.75. The number of benzene rings is 2. The zero-order chi connectivity index (χ0) is 18.4. The molecule has 0 aliphatic carbocycles. The number of aryl methyl sites for hydroxylation is 1. The summed E-state index contributed by atoms with van der Waals surface area (Å²) >= 11 is 0. The summed E-state index contributed by atoms with van der Waals surface area (Å²) in [6.45, 7) is 2.39. The monoisotopic (exact) mass is 350 g/mol. The van der Waals surface area contributed by atoms with E-state index in [4.69, 9.17) is 10.5 Å². The standard InChI is InChI=1S/C19H21F3N2O/c1-13-3-7-15(8-4-13)17(11-18(23)19(20,21)22)24-16-9-5-14(6-10-16)12-25-2/h3-11,18,24H,12,23H2,1-2H3/b17-11-. The average Bonchev–Trinajstić information content (AvgIpc) is 2.56. The normalized spacial score (nSPS) is 13.6. The molecule has 0 amide bonds. The Hall–Kier alpha value is -2.31. The Bertz CT molecular complexity index is 707. The first-order chi connectivity index (χ1) is 11.8. The summed E-state index contributed by atoms with van der Waals surface area (Å²) in [6, 6.07) is 12.4. The van der Waals surface area contributed by atoms with E-state index in [1.54, 1.807) is 31.4 Å². The number of hydrogen-bond acceptors (Lipinski definition) is 3. The molecule has 6 heteroatoms. The maximum Gasteiger partial charge on any atom is 0.407 e. The summed E-state index contributed by atoms with van der Waals surface area (Å²) in [5.74, 6) is 0. The van der Waals surface area contributed by atoms with Crippen LogP contribution in [0.2, 0.25) is 0 Å². The van der Waals surface area contributed by atoms with Crippen molar-refractivity contribution in [1.29, 1.82) is 0 Å². The number of ether oxygens (including phenoxy) is 1. The highest BCUT2D eigenvalue weighted by Gasteiger charge is 2.35. The lowest BCUT2D eigenvalue weighted by Crippen LogP contribution is -2.35. The first-order valence-electron chi connectivity index (χ1n) is 7.75. The Labute approximate surface area is 145 Å². The maximum atomic E-state index is 12.9. The van der Waals surface area contributed by atoms with E-state index in [1.165, 1.54) is 0 Å². The van der Waals surface area contributed by atoms with E-state index in [-0.39, 0.29) is 0 Å². The van der Waals surface area contributed by atoms with Crippen LogP contribution >= 0.6 is 0 Å². The van der Waals surface area contributed by atoms with Gasteiger partial charge in [-0.15, -0.1) is 0 Å². The minimum Gasteiger partial charge on any atom is -0.380 e. The van der Waals surface area contributed by atoms with E-state index in [0.29, 0.717) is 23.6 Å². The summed E-state index contributed by atoms with van der Waals surface area (Å²) in [5.41, 5.74) is 8.88. The van der Waals surface area contributed by atoms with Crippen molar-refractivity contribution in [1.82, 2.24) is 0 Å². The number of nitrogens with two attached hydrogens (primary N) is 1. The minimum absolute atomic E-state index is 0.310. The van der Waals surface area contributed by atoms with Crippen LogP contribution in [0, 0.1) is 6.92 Å². The minimum atomic E-state index is -4.50. The SMILES string of the molecule is COCc1ccc(N/C(=C\C(N)C(F)(F)F)c2ccc(C)cc2)cc1. The molecule has 2 aromatic rings. The fourth-order valence-corrected chi connectivity index (χ4v) is 2.22. The van der Waals surface area contributed by atoms with Gasteiger partial charge in [-0.2, -0.15) is 13.2 Å². The number of halogens is 3. The molecular formula is C19H21F3N2O. The van der Waals surface area contributed by atoms with Crippen molar-refractivity contribution in [3.63, 3.8) is 0 Å². The lowest BCUT2D eigenvalue weighted by atomic mass is 10.1. The zero-order valence-electron chi connectivity index (χ0n) is 14.1. The van der Waals surface area contributed by atoms with Crippen molar-refractivity contribution in [2.75, 3.05) is 12.4 Å². The third-order valence-electron chi connectivity index (χ3n) is 3.63. The van der Waals surface area contributed by atoms with Crippen LogP contribution in [-0.2, 0) is 11.3 Å². The molecule has 0 aromatic heterocycles. The molecule has 0 aliphatic heterocycles. The van der Waals surface area contributed by atoms with Crippen molar-refractivity contribution in [2.24, 2.45) is 5.73 Å². The largest absolute Gasteiger partial charge is 0.407 e. The lowest BCUT2D eigenvalue weighted by Gasteiger charge is -2.17. The second kappa shape index (κ2) is 8.18. The van der Waals surface area contributed by atoms with Crippen LogP contribution in [0.25, 0.3) is 5.70 Å². The molecule has 2 rings (SSSR count). The van der Waals surface area contributed by atoms with Crippen LogP contribution in [0.4, 0.5) is 18.9 Å². The molecule has 0 fully saturated rings. The van der Waals surface area contributed by atoms with Gasteiger partial charge in [0.05, 0.1) is 6.61 Å². The van der Waals surface area contributed by atoms with Crippen molar-refractivity contribution < 1.29 is 17.9 Å². The predicted molar refractivity (Wildman–Crippen MR) is 94.0 cm³/mol. The molecule has 3 nitrogen and oxygen atoms in total. The Morgan fingerprint density at radius 1 is 1.12 bits per heavy atom. The highest BCUT2D eigenvalue weighted by molar-refractivity contribution is 5.77. The maximum absolute atomic E-state index is 12.9. The summed E-state index contributed by atoms with van der Waals surface area (Å²) in [7, 11) is 1.60. The number of anilines is 1. The molecule has 0 spiro atoms. The lowest BCUT2D eigenvalue weighted by molar-refractivity contribution is -0.136. The van der Waals surface area contributed by atoms with Crippen molar-refractivity contribution in [3.05, 3.63) is 71.3 Å². The summed E-state index contributed by atoms with van der Waals surface area (Å²) < 4.78 is 43.6. The van der Waals surface area contributed by atoms with Gasteiger partial charge in [-0.3, -0.25) is 0 Å². The van der Waals surface area contributed by atoms with Gasteiger partial charge in [-0.05, 0) is 36.3 Å². The van der Waals surface area contributed by atoms with Crippen LogP contribution in [-0.4, -0.2) is 19.3 Å². The van der Waals surface area contributed by atoms with Gasteiger partial charge in [0.25, 0.3) is 0 Å². The fourth-order valence-electron chi connectivity index (χ4n) is 2.22. The molecular weight excluding hydrogens is 329 g/mol. The number of methoxy groups -OCH3 is 1. The highest BCUT2D eigenvalue weighted by Crippen LogP contribution is 2.25. The second-order valence-electron chi connectivity index (χ2n) is 5.77. The molecule has 1 atom stereocenters. The first kappa shape index (κ1) is 19.0. The molecule has 0 saturated carbocycles. The Balaban J connectivity index is 2.31. The van der Waals surface area contributed by atoms with E-state index in [0.717, 1.165) is 17.2 Å². The van der Waals surface area contributed by atoms with E-state index >= 15 is 0 Å². The quantitative estimate of drug-likeness (QED) is 0.807. The van der Waals surface area contributed by atoms with Crippen LogP contribution in [0.3, 0.4) is 0 Å². The molecule has 134 valence electrons. The molecule has 0 heterocycles. The van der Waals surface area contributed by atoms with Gasteiger partial charge >= 0.3 is 6.18 Å². The number of alkyl halides is 3. The molecule has 0 aliphatic rings. The molecule has 2 aromatic carbocycles. The highest BCUT2D eigenvalue weighted by atomic mass is 19.4. The summed E-state index contributed by atoms with van der Waals surface area (Å²) in [4.78, 5) is 0. The second-order valence-corrected chi connectivity index (χ2v) is 5.77. The third kappa shape index (κ3) is 5.62. The molecule has 0 bridgehead atoms. The van der Waals surface area contributed by atoms with Crippen molar-refractivity contribution >= 4 is 11.4 Å². The Morgan fingerprint density at radius 3 is 2.24 bits per heavy atom. The van der Waals surface area contributed by atoms with E-state index in [9.17, 15) is 13.2 Å². The van der Waals surface area contributed by atoms with Gasteiger partial charge < -0.3 is 15.8 Å². The van der Waals surface area contributed by atoms with E-state index in [1.807, 2.05) is 31.2 Å². The predicted octanol–water partition coefficient (Wildman–Crippen LogP) is 4.48. The molecule has 3 N–H and O–H groups in total. The summed E-state index contributed by atoms with van der Waals surface area (Å²) in [5, 5.41) is 3.03. The Morgan fingerprint density at radius 2 is 1.72 bits per heavy atom. The number of rotatable bonds is 6. The van der Waals surface area contributed by atoms with Crippen molar-refractivity contribution in [3.8, 4) is 0 Å².